The zero-order chi connectivity index (χ0) is 15.5. The summed E-state index contributed by atoms with van der Waals surface area (Å²) in [5.74, 6) is 0. The van der Waals surface area contributed by atoms with Crippen molar-refractivity contribution in [1.29, 1.82) is 0 Å². The molecule has 0 atom stereocenters. The maximum absolute atomic E-state index is 4.18. The molecule has 0 fully saturated rings. The van der Waals surface area contributed by atoms with Gasteiger partial charge in [0.25, 0.3) is 0 Å². The quantitative estimate of drug-likeness (QED) is 0.398. The van der Waals surface area contributed by atoms with Crippen LogP contribution in [0.25, 0.3) is 32.7 Å². The van der Waals surface area contributed by atoms with Gasteiger partial charge >= 0.3 is 0 Å². The van der Waals surface area contributed by atoms with Crippen molar-refractivity contribution in [3.05, 3.63) is 91.1 Å². The van der Waals surface area contributed by atoms with E-state index < -0.39 is 0 Å². The van der Waals surface area contributed by atoms with Gasteiger partial charge < -0.3 is 4.98 Å². The van der Waals surface area contributed by atoms with Crippen LogP contribution >= 0.6 is 0 Å². The van der Waals surface area contributed by atoms with Crippen LogP contribution in [0.15, 0.2) is 91.1 Å². The topological polar surface area (TPSA) is 28.7 Å². The highest BCUT2D eigenvalue weighted by Gasteiger charge is 2.00. The highest BCUT2D eigenvalue weighted by molar-refractivity contribution is 6.06. The number of benzene rings is 3. The van der Waals surface area contributed by atoms with Crippen molar-refractivity contribution in [2.45, 2.75) is 0 Å². The predicted octanol–water partition coefficient (Wildman–Crippen LogP) is 5.56. The SMILES string of the molecule is c1ccc2c(c1)[nH]c1ccccc12.c1ccc2ncccc2c1. The van der Waals surface area contributed by atoms with E-state index in [1.807, 2.05) is 30.5 Å². The molecule has 0 radical (unpaired) electrons. The Labute approximate surface area is 134 Å². The van der Waals surface area contributed by atoms with Gasteiger partial charge in [0.15, 0.2) is 0 Å². The molecule has 0 bridgehead atoms. The van der Waals surface area contributed by atoms with Crippen molar-refractivity contribution in [3.8, 4) is 0 Å². The average Bonchev–Trinajstić information content (AvgIpc) is 3.01. The Kier molecular flexibility index (Phi) is 3.49. The molecule has 3 aromatic carbocycles. The van der Waals surface area contributed by atoms with E-state index in [0.717, 1.165) is 5.52 Å². The number of aromatic nitrogens is 2. The second-order valence-corrected chi connectivity index (χ2v) is 5.41. The summed E-state index contributed by atoms with van der Waals surface area (Å²) in [7, 11) is 0. The van der Waals surface area contributed by atoms with Gasteiger partial charge in [0.2, 0.25) is 0 Å². The van der Waals surface area contributed by atoms with Gasteiger partial charge in [-0.1, -0.05) is 60.7 Å². The van der Waals surface area contributed by atoms with Crippen molar-refractivity contribution >= 4 is 32.7 Å². The number of fused-ring (bicyclic) bond motifs is 4. The first-order chi connectivity index (χ1) is 11.4. The second-order valence-electron chi connectivity index (χ2n) is 5.41. The Balaban J connectivity index is 0.000000122. The van der Waals surface area contributed by atoms with Crippen molar-refractivity contribution in [2.24, 2.45) is 0 Å². The number of hydrogen-bond acceptors (Lipinski definition) is 1. The molecule has 1 N–H and O–H groups in total. The first kappa shape index (κ1) is 13.5. The smallest absolute Gasteiger partial charge is 0.0701 e. The summed E-state index contributed by atoms with van der Waals surface area (Å²) in [6.07, 6.45) is 1.81. The highest BCUT2D eigenvalue weighted by Crippen LogP contribution is 2.24. The number of rotatable bonds is 0. The fraction of sp³-hybridized carbons (Fsp3) is 0. The number of pyridine rings is 1. The Morgan fingerprint density at radius 1 is 0.565 bits per heavy atom. The third-order valence-corrected chi connectivity index (χ3v) is 3.93. The molecule has 5 rings (SSSR count). The standard InChI is InChI=1S/C12H9N.C9H7N/c1-3-7-11-9(5-1)10-6-2-4-8-12(10)13-11;1-2-6-9-8(4-1)5-3-7-10-9/h1-8,13H;1-7H. The van der Waals surface area contributed by atoms with E-state index in [4.69, 9.17) is 0 Å². The summed E-state index contributed by atoms with van der Waals surface area (Å²) in [4.78, 5) is 7.56. The lowest BCUT2D eigenvalue weighted by molar-refractivity contribution is 1.41. The molecule has 0 aliphatic heterocycles. The predicted molar refractivity (Wildman–Crippen MR) is 97.5 cm³/mol. The lowest BCUT2D eigenvalue weighted by atomic mass is 10.2. The molecule has 2 heteroatoms. The summed E-state index contributed by atoms with van der Waals surface area (Å²) >= 11 is 0. The Morgan fingerprint density at radius 3 is 1.83 bits per heavy atom. The van der Waals surface area contributed by atoms with Gasteiger partial charge in [-0.25, -0.2) is 0 Å². The fourth-order valence-electron chi connectivity index (χ4n) is 2.82. The third-order valence-electron chi connectivity index (χ3n) is 3.93. The van der Waals surface area contributed by atoms with Crippen LogP contribution in [0, 0.1) is 0 Å². The van der Waals surface area contributed by atoms with Crippen molar-refractivity contribution in [2.75, 3.05) is 0 Å². The molecule has 2 nitrogen and oxygen atoms in total. The first-order valence-electron chi connectivity index (χ1n) is 7.67. The number of nitrogens with zero attached hydrogens (tertiary/aromatic N) is 1. The van der Waals surface area contributed by atoms with Crippen LogP contribution in [0.4, 0.5) is 0 Å². The minimum Gasteiger partial charge on any atom is -0.355 e. The van der Waals surface area contributed by atoms with E-state index in [1.54, 1.807) is 0 Å². The number of hydrogen-bond donors (Lipinski definition) is 1. The van der Waals surface area contributed by atoms with Gasteiger partial charge in [0.05, 0.1) is 5.52 Å². The van der Waals surface area contributed by atoms with E-state index in [2.05, 4.69) is 70.6 Å². The van der Waals surface area contributed by atoms with E-state index in [0.29, 0.717) is 0 Å². The number of aromatic amines is 1. The van der Waals surface area contributed by atoms with Crippen LogP contribution in [0.3, 0.4) is 0 Å². The molecule has 23 heavy (non-hydrogen) atoms. The monoisotopic (exact) mass is 296 g/mol. The highest BCUT2D eigenvalue weighted by atomic mass is 14.7. The molecule has 0 saturated carbocycles. The van der Waals surface area contributed by atoms with E-state index in [1.165, 1.54) is 27.2 Å². The van der Waals surface area contributed by atoms with Crippen LogP contribution < -0.4 is 0 Å². The largest absolute Gasteiger partial charge is 0.355 e. The molecule has 0 spiro atoms. The Hall–Kier alpha value is -3.13. The number of H-pyrrole nitrogens is 1. The summed E-state index contributed by atoms with van der Waals surface area (Å²) in [6, 6.07) is 28.8. The zero-order valence-electron chi connectivity index (χ0n) is 12.6. The van der Waals surface area contributed by atoms with Crippen molar-refractivity contribution in [1.82, 2.24) is 9.97 Å². The van der Waals surface area contributed by atoms with Gasteiger partial charge in [-0.2, -0.15) is 0 Å². The fourth-order valence-corrected chi connectivity index (χ4v) is 2.82. The maximum atomic E-state index is 4.18. The molecule has 0 unspecified atom stereocenters. The van der Waals surface area contributed by atoms with Crippen LogP contribution in [0.2, 0.25) is 0 Å². The molecule has 5 aromatic rings. The molecule has 0 aliphatic rings. The molecule has 2 aromatic heterocycles. The molecule has 2 heterocycles. The van der Waals surface area contributed by atoms with Gasteiger partial charge in [0.1, 0.15) is 0 Å². The van der Waals surface area contributed by atoms with Gasteiger partial charge in [-0.3, -0.25) is 4.98 Å². The summed E-state index contributed by atoms with van der Waals surface area (Å²) in [5, 5.41) is 3.81. The molecule has 0 aliphatic carbocycles. The average molecular weight is 296 g/mol. The van der Waals surface area contributed by atoms with Gasteiger partial charge in [0, 0.05) is 33.4 Å². The molecular weight excluding hydrogens is 280 g/mol. The van der Waals surface area contributed by atoms with E-state index in [-0.39, 0.29) is 0 Å². The Morgan fingerprint density at radius 2 is 1.13 bits per heavy atom. The van der Waals surface area contributed by atoms with Crippen LogP contribution in [-0.4, -0.2) is 9.97 Å². The lowest BCUT2D eigenvalue weighted by Crippen LogP contribution is -1.73. The van der Waals surface area contributed by atoms with Gasteiger partial charge in [-0.15, -0.1) is 0 Å². The van der Waals surface area contributed by atoms with Gasteiger partial charge in [-0.05, 0) is 24.3 Å². The van der Waals surface area contributed by atoms with Crippen LogP contribution in [0.1, 0.15) is 0 Å². The zero-order valence-corrected chi connectivity index (χ0v) is 12.6. The first-order valence-corrected chi connectivity index (χ1v) is 7.67. The lowest BCUT2D eigenvalue weighted by Gasteiger charge is -1.91. The summed E-state index contributed by atoms with van der Waals surface area (Å²) < 4.78 is 0. The molecule has 110 valence electrons. The van der Waals surface area contributed by atoms with E-state index >= 15 is 0 Å². The minimum absolute atomic E-state index is 1.06. The third kappa shape index (κ3) is 2.67. The van der Waals surface area contributed by atoms with Crippen LogP contribution in [0.5, 0.6) is 0 Å². The van der Waals surface area contributed by atoms with Crippen molar-refractivity contribution < 1.29 is 0 Å². The van der Waals surface area contributed by atoms with Crippen LogP contribution in [-0.2, 0) is 0 Å². The minimum atomic E-state index is 1.06. The molecule has 0 saturated heterocycles. The van der Waals surface area contributed by atoms with E-state index in [9.17, 15) is 0 Å². The molecule has 0 amide bonds. The summed E-state index contributed by atoms with van der Waals surface area (Å²) in [5.41, 5.74) is 3.48. The Bertz CT molecular complexity index is 961. The summed E-state index contributed by atoms with van der Waals surface area (Å²) in [6.45, 7) is 0. The normalized spacial score (nSPS) is 10.6. The van der Waals surface area contributed by atoms with Crippen molar-refractivity contribution in [3.63, 3.8) is 0 Å². The number of nitrogens with one attached hydrogen (secondary N) is 1. The number of para-hydroxylation sites is 3. The molecular formula is C21H16N2. The second kappa shape index (κ2) is 5.93. The maximum Gasteiger partial charge on any atom is 0.0701 e.